The van der Waals surface area contributed by atoms with Gasteiger partial charge in [-0.1, -0.05) is 12.1 Å². The van der Waals surface area contributed by atoms with Crippen molar-refractivity contribution < 1.29 is 4.79 Å². The topological polar surface area (TPSA) is 96.7 Å². The zero-order chi connectivity index (χ0) is 15.1. The van der Waals surface area contributed by atoms with Gasteiger partial charge < -0.3 is 11.1 Å². The fraction of sp³-hybridized carbons (Fsp3) is 0.188. The maximum Gasteiger partial charge on any atom is 0.248 e. The largest absolute Gasteiger partial charge is 0.366 e. The smallest absolute Gasteiger partial charge is 0.248 e. The van der Waals surface area contributed by atoms with Crippen molar-refractivity contribution in [3.8, 4) is 11.3 Å². The van der Waals surface area contributed by atoms with Crippen LogP contribution in [0.2, 0.25) is 0 Å². The van der Waals surface area contributed by atoms with Crippen LogP contribution >= 0.6 is 0 Å². The number of rotatable bonds is 2. The highest BCUT2D eigenvalue weighted by molar-refractivity contribution is 5.97. The Bertz CT molecular complexity index is 883. The van der Waals surface area contributed by atoms with Gasteiger partial charge in [0.1, 0.15) is 5.69 Å². The Hall–Kier alpha value is -2.73. The maximum absolute atomic E-state index is 11.4. The van der Waals surface area contributed by atoms with Gasteiger partial charge in [-0.2, -0.15) is 5.10 Å². The summed E-state index contributed by atoms with van der Waals surface area (Å²) in [6, 6.07) is 7.24. The molecule has 1 aromatic carbocycles. The van der Waals surface area contributed by atoms with Gasteiger partial charge in [-0.25, -0.2) is 4.98 Å². The van der Waals surface area contributed by atoms with E-state index in [2.05, 4.69) is 20.5 Å². The fourth-order valence-corrected chi connectivity index (χ4v) is 3.00. The second kappa shape index (κ2) is 4.92. The van der Waals surface area contributed by atoms with Crippen LogP contribution in [0, 0.1) is 0 Å². The SMILES string of the molecule is NC(=O)c1cccc(-c2n[nH]c3ncc4c(c23)CCNC4)c1. The van der Waals surface area contributed by atoms with Crippen LogP contribution in [0.4, 0.5) is 0 Å². The van der Waals surface area contributed by atoms with Crippen LogP contribution < -0.4 is 11.1 Å². The summed E-state index contributed by atoms with van der Waals surface area (Å²) < 4.78 is 0. The summed E-state index contributed by atoms with van der Waals surface area (Å²) in [6.45, 7) is 1.77. The zero-order valence-electron chi connectivity index (χ0n) is 11.9. The Labute approximate surface area is 126 Å². The molecule has 0 saturated carbocycles. The van der Waals surface area contributed by atoms with E-state index in [1.54, 1.807) is 12.1 Å². The summed E-state index contributed by atoms with van der Waals surface area (Å²) in [5.41, 5.74) is 10.8. The van der Waals surface area contributed by atoms with Gasteiger partial charge in [-0.15, -0.1) is 0 Å². The maximum atomic E-state index is 11.4. The number of aromatic nitrogens is 3. The van der Waals surface area contributed by atoms with E-state index in [9.17, 15) is 4.79 Å². The van der Waals surface area contributed by atoms with E-state index in [0.29, 0.717) is 5.56 Å². The molecule has 1 aliphatic heterocycles. The zero-order valence-corrected chi connectivity index (χ0v) is 11.9. The van der Waals surface area contributed by atoms with E-state index >= 15 is 0 Å². The minimum Gasteiger partial charge on any atom is -0.366 e. The lowest BCUT2D eigenvalue weighted by Gasteiger charge is -2.17. The molecule has 0 unspecified atom stereocenters. The Morgan fingerprint density at radius 3 is 3.09 bits per heavy atom. The molecule has 4 rings (SSSR count). The van der Waals surface area contributed by atoms with Crippen LogP contribution in [-0.2, 0) is 13.0 Å². The highest BCUT2D eigenvalue weighted by Gasteiger charge is 2.19. The predicted octanol–water partition coefficient (Wildman–Crippen LogP) is 1.37. The first kappa shape index (κ1) is 13.0. The molecule has 1 amide bonds. The minimum atomic E-state index is -0.439. The van der Waals surface area contributed by atoms with E-state index in [1.165, 1.54) is 11.1 Å². The first-order valence-electron chi connectivity index (χ1n) is 7.20. The normalized spacial score (nSPS) is 14.0. The summed E-state index contributed by atoms with van der Waals surface area (Å²) in [6.07, 6.45) is 2.84. The third-order valence-corrected chi connectivity index (χ3v) is 4.07. The quantitative estimate of drug-likeness (QED) is 0.665. The number of nitrogens with two attached hydrogens (primary N) is 1. The number of carbonyl (C=O) groups excluding carboxylic acids is 1. The second-order valence-corrected chi connectivity index (χ2v) is 5.43. The number of aromatic amines is 1. The molecule has 3 aromatic rings. The molecule has 22 heavy (non-hydrogen) atoms. The molecular weight excluding hydrogens is 278 g/mol. The number of H-pyrrole nitrogens is 1. The summed E-state index contributed by atoms with van der Waals surface area (Å²) in [5, 5.41) is 11.8. The lowest BCUT2D eigenvalue weighted by Crippen LogP contribution is -2.23. The molecule has 0 saturated heterocycles. The molecule has 0 atom stereocenters. The number of hydrogen-bond donors (Lipinski definition) is 3. The van der Waals surface area contributed by atoms with Crippen LogP contribution in [0.3, 0.4) is 0 Å². The van der Waals surface area contributed by atoms with Gasteiger partial charge in [0, 0.05) is 23.9 Å². The molecule has 2 aromatic heterocycles. The molecule has 0 aliphatic carbocycles. The van der Waals surface area contributed by atoms with Gasteiger partial charge in [-0.3, -0.25) is 9.89 Å². The molecule has 110 valence electrons. The number of hydrogen-bond acceptors (Lipinski definition) is 4. The summed E-state index contributed by atoms with van der Waals surface area (Å²) in [5.74, 6) is -0.439. The van der Waals surface area contributed by atoms with E-state index < -0.39 is 5.91 Å². The molecule has 0 fully saturated rings. The van der Waals surface area contributed by atoms with E-state index in [4.69, 9.17) is 5.73 Å². The molecule has 4 N–H and O–H groups in total. The van der Waals surface area contributed by atoms with Crippen LogP contribution in [-0.4, -0.2) is 27.6 Å². The molecule has 0 spiro atoms. The number of nitrogens with one attached hydrogen (secondary N) is 2. The highest BCUT2D eigenvalue weighted by atomic mass is 16.1. The van der Waals surface area contributed by atoms with Crippen molar-refractivity contribution in [2.75, 3.05) is 6.54 Å². The van der Waals surface area contributed by atoms with Crippen LogP contribution in [0.5, 0.6) is 0 Å². The predicted molar refractivity (Wildman–Crippen MR) is 83.3 cm³/mol. The van der Waals surface area contributed by atoms with Crippen molar-refractivity contribution in [2.24, 2.45) is 5.73 Å². The Balaban J connectivity index is 1.96. The van der Waals surface area contributed by atoms with Crippen LogP contribution in [0.25, 0.3) is 22.3 Å². The number of pyridine rings is 1. The summed E-state index contributed by atoms with van der Waals surface area (Å²) in [7, 11) is 0. The lowest BCUT2D eigenvalue weighted by atomic mass is 9.96. The van der Waals surface area contributed by atoms with Gasteiger partial charge in [0.25, 0.3) is 0 Å². The molecular formula is C16H15N5O. The van der Waals surface area contributed by atoms with E-state index in [0.717, 1.165) is 41.8 Å². The van der Waals surface area contributed by atoms with Gasteiger partial charge in [0.2, 0.25) is 5.91 Å². The molecule has 1 aliphatic rings. The second-order valence-electron chi connectivity index (χ2n) is 5.43. The standard InChI is InChI=1S/C16H15N5O/c17-15(22)10-3-1-2-9(6-10)14-13-12-4-5-18-7-11(12)8-19-16(13)21-20-14/h1-3,6,8,18H,4-5,7H2,(H2,17,22)(H,19,20,21). The molecule has 0 bridgehead atoms. The average Bonchev–Trinajstić information content (AvgIpc) is 2.99. The van der Waals surface area contributed by atoms with Crippen molar-refractivity contribution in [3.63, 3.8) is 0 Å². The highest BCUT2D eigenvalue weighted by Crippen LogP contribution is 2.31. The van der Waals surface area contributed by atoms with Gasteiger partial charge in [0.05, 0.1) is 5.39 Å². The Morgan fingerprint density at radius 2 is 2.23 bits per heavy atom. The summed E-state index contributed by atoms with van der Waals surface area (Å²) >= 11 is 0. The first-order valence-corrected chi connectivity index (χ1v) is 7.20. The van der Waals surface area contributed by atoms with Crippen molar-refractivity contribution in [1.82, 2.24) is 20.5 Å². The lowest BCUT2D eigenvalue weighted by molar-refractivity contribution is 0.100. The number of amides is 1. The monoisotopic (exact) mass is 293 g/mol. The van der Waals surface area contributed by atoms with Crippen molar-refractivity contribution in [2.45, 2.75) is 13.0 Å². The third-order valence-electron chi connectivity index (χ3n) is 4.07. The number of primary amides is 1. The molecule has 6 nitrogen and oxygen atoms in total. The molecule has 6 heteroatoms. The van der Waals surface area contributed by atoms with E-state index in [1.807, 2.05) is 18.3 Å². The molecule has 0 radical (unpaired) electrons. The van der Waals surface area contributed by atoms with Gasteiger partial charge in [0.15, 0.2) is 5.65 Å². The fourth-order valence-electron chi connectivity index (χ4n) is 3.00. The Kier molecular flexibility index (Phi) is 2.90. The molecule has 3 heterocycles. The number of fused-ring (bicyclic) bond motifs is 3. The van der Waals surface area contributed by atoms with Crippen molar-refractivity contribution >= 4 is 16.9 Å². The third kappa shape index (κ3) is 1.96. The van der Waals surface area contributed by atoms with Crippen molar-refractivity contribution in [3.05, 3.63) is 47.2 Å². The van der Waals surface area contributed by atoms with Crippen LogP contribution in [0.1, 0.15) is 21.5 Å². The van der Waals surface area contributed by atoms with E-state index in [-0.39, 0.29) is 0 Å². The summed E-state index contributed by atoms with van der Waals surface area (Å²) in [4.78, 5) is 15.8. The minimum absolute atomic E-state index is 0.439. The average molecular weight is 293 g/mol. The van der Waals surface area contributed by atoms with Crippen LogP contribution in [0.15, 0.2) is 30.5 Å². The Morgan fingerprint density at radius 1 is 1.32 bits per heavy atom. The van der Waals surface area contributed by atoms with Gasteiger partial charge in [-0.05, 0) is 36.2 Å². The number of nitrogens with zero attached hydrogens (tertiary/aromatic N) is 2. The van der Waals surface area contributed by atoms with Crippen molar-refractivity contribution in [1.29, 1.82) is 0 Å². The number of carbonyl (C=O) groups is 1. The first-order chi connectivity index (χ1) is 10.7. The number of benzene rings is 1. The van der Waals surface area contributed by atoms with Gasteiger partial charge >= 0.3 is 0 Å².